The third-order valence-corrected chi connectivity index (χ3v) is 5.12. The van der Waals surface area contributed by atoms with Crippen molar-refractivity contribution in [2.75, 3.05) is 0 Å². The average molecular weight is 281 g/mol. The van der Waals surface area contributed by atoms with Gasteiger partial charge in [0.25, 0.3) is 0 Å². The molecule has 102 valence electrons. The molecule has 1 aromatic carbocycles. The van der Waals surface area contributed by atoms with Crippen LogP contribution in [-0.2, 0) is 21.0 Å². The number of hydrogen-bond donors (Lipinski definition) is 1. The molecule has 0 fully saturated rings. The smallest absolute Gasteiger partial charge is 0.249 e. The number of ether oxygens (including phenoxy) is 1. The number of benzene rings is 1. The van der Waals surface area contributed by atoms with Crippen LogP contribution in [-0.4, -0.2) is 19.8 Å². The summed E-state index contributed by atoms with van der Waals surface area (Å²) in [6.45, 7) is 7.01. The van der Waals surface area contributed by atoms with Gasteiger partial charge < -0.3 is 10.5 Å². The Labute approximate surface area is 112 Å². The van der Waals surface area contributed by atoms with Crippen LogP contribution < -0.4 is 5.73 Å². The second-order valence-corrected chi connectivity index (χ2v) is 6.57. The van der Waals surface area contributed by atoms with Crippen LogP contribution in [0.2, 0.25) is 0 Å². The van der Waals surface area contributed by atoms with Crippen LogP contribution in [0.15, 0.2) is 23.6 Å². The fourth-order valence-electron chi connectivity index (χ4n) is 2.11. The van der Waals surface area contributed by atoms with E-state index in [2.05, 4.69) is 6.58 Å². The van der Waals surface area contributed by atoms with Gasteiger partial charge in [-0.1, -0.05) is 13.5 Å². The highest BCUT2D eigenvalue weighted by Crippen LogP contribution is 2.35. The van der Waals surface area contributed by atoms with E-state index in [9.17, 15) is 13.2 Å². The van der Waals surface area contributed by atoms with E-state index in [-0.39, 0.29) is 10.5 Å². The highest BCUT2D eigenvalue weighted by Gasteiger charge is 2.35. The van der Waals surface area contributed by atoms with Gasteiger partial charge in [-0.3, -0.25) is 4.79 Å². The fraction of sp³-hybridized carbons (Fsp3) is 0.308. The van der Waals surface area contributed by atoms with Crippen molar-refractivity contribution in [3.05, 3.63) is 35.4 Å². The van der Waals surface area contributed by atoms with Gasteiger partial charge in [0.2, 0.25) is 21.2 Å². The zero-order chi connectivity index (χ0) is 14.4. The van der Waals surface area contributed by atoms with Gasteiger partial charge in [0.15, 0.2) is 0 Å². The summed E-state index contributed by atoms with van der Waals surface area (Å²) in [5.41, 5.74) is 5.59. The van der Waals surface area contributed by atoms with Crippen LogP contribution in [0.3, 0.4) is 0 Å². The Balaban J connectivity index is 2.81. The predicted molar refractivity (Wildman–Crippen MR) is 71.1 cm³/mol. The molecule has 0 spiro atoms. The molecule has 1 unspecified atom stereocenters. The van der Waals surface area contributed by atoms with Gasteiger partial charge in [-0.05, 0) is 31.0 Å². The van der Waals surface area contributed by atoms with Gasteiger partial charge in [0, 0.05) is 11.1 Å². The Hall–Kier alpha value is -1.82. The molecule has 19 heavy (non-hydrogen) atoms. The molecule has 6 heteroatoms. The molecular formula is C13H15NO4S. The molecule has 5 nitrogen and oxygen atoms in total. The Kier molecular flexibility index (Phi) is 3.14. The minimum absolute atomic E-state index is 0.0576. The zero-order valence-corrected chi connectivity index (χ0v) is 11.6. The lowest BCUT2D eigenvalue weighted by molar-refractivity contribution is 0.0999. The highest BCUT2D eigenvalue weighted by molar-refractivity contribution is 7.92. The van der Waals surface area contributed by atoms with Crippen molar-refractivity contribution in [3.63, 3.8) is 0 Å². The van der Waals surface area contributed by atoms with Gasteiger partial charge >= 0.3 is 0 Å². The predicted octanol–water partition coefficient (Wildman–Crippen LogP) is 1.47. The van der Waals surface area contributed by atoms with Gasteiger partial charge in [0.1, 0.15) is 5.76 Å². The Morgan fingerprint density at radius 3 is 2.63 bits per heavy atom. The first-order valence-corrected chi connectivity index (χ1v) is 7.40. The Bertz CT molecular complexity index is 676. The molecule has 1 aromatic rings. The summed E-state index contributed by atoms with van der Waals surface area (Å²) in [4.78, 5) is 11.5. The summed E-state index contributed by atoms with van der Waals surface area (Å²) in [5.74, 6) is -0.345. The highest BCUT2D eigenvalue weighted by atomic mass is 32.2. The molecule has 2 rings (SSSR count). The number of hydrogen-bond acceptors (Lipinski definition) is 4. The second-order valence-electron chi connectivity index (χ2n) is 4.38. The Morgan fingerprint density at radius 2 is 2.11 bits per heavy atom. The summed E-state index contributed by atoms with van der Waals surface area (Å²) < 4.78 is 29.6. The maximum absolute atomic E-state index is 12.2. The van der Waals surface area contributed by atoms with Crippen molar-refractivity contribution >= 4 is 21.5 Å². The van der Waals surface area contributed by atoms with Crippen molar-refractivity contribution < 1.29 is 17.9 Å². The van der Waals surface area contributed by atoms with Crippen molar-refractivity contribution in [2.24, 2.45) is 5.73 Å². The summed E-state index contributed by atoms with van der Waals surface area (Å²) in [6.07, 6.45) is 0.564. The molecule has 2 N–H and O–H groups in total. The lowest BCUT2D eigenvalue weighted by atomic mass is 10.0. The number of nitrogens with two attached hydrogens (primary N) is 1. The normalized spacial score (nSPS) is 20.5. The average Bonchev–Trinajstić information content (AvgIpc) is 2.35. The third kappa shape index (κ3) is 2.02. The van der Waals surface area contributed by atoms with E-state index in [1.807, 2.05) is 6.92 Å². The number of carbonyl (C=O) groups is 1. The number of carbonyl (C=O) groups excluding carboxylic acids is 1. The van der Waals surface area contributed by atoms with Crippen LogP contribution in [0.4, 0.5) is 0 Å². The van der Waals surface area contributed by atoms with Gasteiger partial charge in [-0.15, -0.1) is 0 Å². The summed E-state index contributed by atoms with van der Waals surface area (Å²) in [5, 5.41) is 0. The molecule has 0 bridgehead atoms. The number of sulfone groups is 1. The van der Waals surface area contributed by atoms with Crippen molar-refractivity contribution in [1.29, 1.82) is 0 Å². The molecule has 0 radical (unpaired) electrons. The summed E-state index contributed by atoms with van der Waals surface area (Å²) >= 11 is 0. The summed E-state index contributed by atoms with van der Waals surface area (Å²) in [7, 11) is -3.63. The minimum atomic E-state index is -3.63. The molecule has 0 saturated heterocycles. The molecule has 0 aliphatic carbocycles. The van der Waals surface area contributed by atoms with Gasteiger partial charge in [0.05, 0.1) is 4.90 Å². The largest absolute Gasteiger partial charge is 0.474 e. The van der Waals surface area contributed by atoms with E-state index in [1.54, 1.807) is 6.07 Å². The molecule has 1 atom stereocenters. The second kappa shape index (κ2) is 4.38. The van der Waals surface area contributed by atoms with E-state index in [0.717, 1.165) is 0 Å². The number of aryl methyl sites for hydroxylation is 1. The van der Waals surface area contributed by atoms with Crippen LogP contribution >= 0.6 is 0 Å². The van der Waals surface area contributed by atoms with E-state index in [0.29, 0.717) is 23.3 Å². The molecule has 0 aromatic heterocycles. The first-order chi connectivity index (χ1) is 8.78. The standard InChI is InChI=1S/C13H15NO4S/c1-4-9-5-10-7(2)18-8(3)19(16,17)12(10)6-11(9)13(14)15/h5-6,8H,2,4H2,1,3H3,(H2,14,15). The monoisotopic (exact) mass is 281 g/mol. The minimum Gasteiger partial charge on any atom is -0.474 e. The van der Waals surface area contributed by atoms with Crippen LogP contribution in [0.25, 0.3) is 5.76 Å². The van der Waals surface area contributed by atoms with Crippen molar-refractivity contribution in [3.8, 4) is 0 Å². The molecular weight excluding hydrogens is 266 g/mol. The lowest BCUT2D eigenvalue weighted by Crippen LogP contribution is -2.27. The van der Waals surface area contributed by atoms with E-state index in [4.69, 9.17) is 10.5 Å². The van der Waals surface area contributed by atoms with Gasteiger partial charge in [-0.25, -0.2) is 8.42 Å². The fourth-order valence-corrected chi connectivity index (χ4v) is 3.47. The maximum atomic E-state index is 12.2. The third-order valence-electron chi connectivity index (χ3n) is 3.20. The zero-order valence-electron chi connectivity index (χ0n) is 10.8. The van der Waals surface area contributed by atoms with Crippen LogP contribution in [0, 0.1) is 0 Å². The van der Waals surface area contributed by atoms with Crippen molar-refractivity contribution in [2.45, 2.75) is 30.6 Å². The first kappa shape index (κ1) is 13.6. The Morgan fingerprint density at radius 1 is 1.47 bits per heavy atom. The van der Waals surface area contributed by atoms with E-state index < -0.39 is 21.2 Å². The van der Waals surface area contributed by atoms with Crippen LogP contribution in [0.1, 0.15) is 35.3 Å². The number of rotatable bonds is 2. The molecule has 0 saturated carbocycles. The first-order valence-electron chi connectivity index (χ1n) is 5.85. The lowest BCUT2D eigenvalue weighted by Gasteiger charge is -2.26. The quantitative estimate of drug-likeness (QED) is 0.889. The van der Waals surface area contributed by atoms with E-state index in [1.165, 1.54) is 13.0 Å². The number of amides is 1. The number of fused-ring (bicyclic) bond motifs is 1. The number of primary amides is 1. The van der Waals surface area contributed by atoms with Crippen molar-refractivity contribution in [1.82, 2.24) is 0 Å². The van der Waals surface area contributed by atoms with Crippen LogP contribution in [0.5, 0.6) is 0 Å². The SMILES string of the molecule is C=C1OC(C)S(=O)(=O)c2cc(C(N)=O)c(CC)cc21. The molecule has 1 aliphatic heterocycles. The molecule has 1 heterocycles. The summed E-state index contributed by atoms with van der Waals surface area (Å²) in [6, 6.07) is 2.94. The topological polar surface area (TPSA) is 86.5 Å². The molecule has 1 aliphatic rings. The van der Waals surface area contributed by atoms with Gasteiger partial charge in [-0.2, -0.15) is 0 Å². The van der Waals surface area contributed by atoms with E-state index >= 15 is 0 Å². The molecule has 1 amide bonds. The maximum Gasteiger partial charge on any atom is 0.249 e.